The number of carbonyl (C=O) groups is 1. The number of furan rings is 1. The van der Waals surface area contributed by atoms with Crippen LogP contribution in [-0.2, 0) is 16.1 Å². The number of amides is 1. The summed E-state index contributed by atoms with van der Waals surface area (Å²) in [6.45, 7) is 1.46. The molecule has 0 spiro atoms. The minimum Gasteiger partial charge on any atom is -0.461 e. The Morgan fingerprint density at radius 3 is 3.14 bits per heavy atom. The molecule has 1 aliphatic heterocycles. The van der Waals surface area contributed by atoms with Gasteiger partial charge in [0.15, 0.2) is 10.9 Å². The third-order valence-electron chi connectivity index (χ3n) is 3.48. The normalized spacial score (nSPS) is 17.8. The Hall–Kier alpha value is -1.80. The van der Waals surface area contributed by atoms with Gasteiger partial charge >= 0.3 is 0 Å². The van der Waals surface area contributed by atoms with Gasteiger partial charge in [0.2, 0.25) is 11.7 Å². The maximum atomic E-state index is 11.4. The van der Waals surface area contributed by atoms with Crippen molar-refractivity contribution in [1.29, 1.82) is 0 Å². The van der Waals surface area contributed by atoms with Crippen molar-refractivity contribution in [3.63, 3.8) is 0 Å². The van der Waals surface area contributed by atoms with Crippen LogP contribution in [0.5, 0.6) is 0 Å². The number of nitrogens with zero attached hydrogens (tertiary/aromatic N) is 3. The van der Waals surface area contributed by atoms with Crippen LogP contribution in [-0.4, -0.2) is 46.2 Å². The maximum Gasteiger partial charge on any atom is 0.230 e. The summed E-state index contributed by atoms with van der Waals surface area (Å²) in [7, 11) is 1.62. The molecular weight excluding hydrogens is 304 g/mol. The Morgan fingerprint density at radius 2 is 2.45 bits per heavy atom. The van der Waals surface area contributed by atoms with E-state index >= 15 is 0 Å². The smallest absolute Gasteiger partial charge is 0.230 e. The molecule has 1 N–H and O–H groups in total. The molecule has 2 aromatic heterocycles. The van der Waals surface area contributed by atoms with Gasteiger partial charge in [0.1, 0.15) is 0 Å². The van der Waals surface area contributed by atoms with Gasteiger partial charge in [-0.05, 0) is 25.0 Å². The lowest BCUT2D eigenvalue weighted by atomic mass is 10.2. The Kier molecular flexibility index (Phi) is 4.79. The molecule has 118 valence electrons. The van der Waals surface area contributed by atoms with Crippen molar-refractivity contribution >= 4 is 17.7 Å². The molecule has 1 fully saturated rings. The molecule has 0 aromatic carbocycles. The molecule has 3 heterocycles. The van der Waals surface area contributed by atoms with Crippen LogP contribution >= 0.6 is 11.8 Å². The molecule has 7 nitrogen and oxygen atoms in total. The minimum atomic E-state index is -0.0452. The zero-order valence-electron chi connectivity index (χ0n) is 12.3. The van der Waals surface area contributed by atoms with Gasteiger partial charge in [-0.1, -0.05) is 11.8 Å². The zero-order valence-corrected chi connectivity index (χ0v) is 13.1. The predicted octanol–water partition coefficient (Wildman–Crippen LogP) is 1.56. The van der Waals surface area contributed by atoms with E-state index in [0.29, 0.717) is 29.0 Å². The van der Waals surface area contributed by atoms with Crippen LogP contribution < -0.4 is 5.32 Å². The van der Waals surface area contributed by atoms with Crippen molar-refractivity contribution in [3.05, 3.63) is 18.4 Å². The maximum absolute atomic E-state index is 11.4. The van der Waals surface area contributed by atoms with Gasteiger partial charge in [-0.2, -0.15) is 0 Å². The third kappa shape index (κ3) is 3.33. The Bertz CT molecular complexity index is 620. The molecule has 0 unspecified atom stereocenters. The van der Waals surface area contributed by atoms with E-state index in [-0.39, 0.29) is 12.0 Å². The Balaban J connectivity index is 1.83. The summed E-state index contributed by atoms with van der Waals surface area (Å²) in [5.41, 5.74) is 0. The molecule has 1 amide bonds. The first-order valence-corrected chi connectivity index (χ1v) is 8.18. The predicted molar refractivity (Wildman–Crippen MR) is 81.5 cm³/mol. The molecule has 2 aromatic rings. The van der Waals surface area contributed by atoms with Crippen molar-refractivity contribution in [3.8, 4) is 11.6 Å². The summed E-state index contributed by atoms with van der Waals surface area (Å²) < 4.78 is 13.1. The quantitative estimate of drug-likeness (QED) is 0.813. The van der Waals surface area contributed by atoms with E-state index in [2.05, 4.69) is 15.5 Å². The van der Waals surface area contributed by atoms with Gasteiger partial charge < -0.3 is 14.5 Å². The number of aromatic nitrogens is 3. The molecule has 0 saturated carbocycles. The molecular formula is C14H18N4O3S. The molecule has 22 heavy (non-hydrogen) atoms. The second-order valence-corrected chi connectivity index (χ2v) is 5.93. The van der Waals surface area contributed by atoms with Crippen molar-refractivity contribution in [1.82, 2.24) is 20.1 Å². The van der Waals surface area contributed by atoms with Crippen LogP contribution in [0.25, 0.3) is 11.6 Å². The minimum absolute atomic E-state index is 0.0452. The van der Waals surface area contributed by atoms with E-state index in [1.54, 1.807) is 13.3 Å². The summed E-state index contributed by atoms with van der Waals surface area (Å²) in [5.74, 6) is 1.59. The number of carbonyl (C=O) groups excluding carboxylic acids is 1. The lowest BCUT2D eigenvalue weighted by Crippen LogP contribution is -2.21. The highest BCUT2D eigenvalue weighted by Crippen LogP contribution is 2.26. The highest BCUT2D eigenvalue weighted by Gasteiger charge is 2.23. The fraction of sp³-hybridized carbons (Fsp3) is 0.500. The van der Waals surface area contributed by atoms with E-state index in [0.717, 1.165) is 19.4 Å². The van der Waals surface area contributed by atoms with E-state index in [1.165, 1.54) is 11.8 Å². The average molecular weight is 322 g/mol. The molecule has 3 rings (SSSR count). The van der Waals surface area contributed by atoms with Gasteiger partial charge in [0.25, 0.3) is 0 Å². The first kappa shape index (κ1) is 15.1. The van der Waals surface area contributed by atoms with E-state index < -0.39 is 0 Å². The van der Waals surface area contributed by atoms with Gasteiger partial charge in [0, 0.05) is 13.7 Å². The molecule has 1 atom stereocenters. The zero-order chi connectivity index (χ0) is 15.4. The molecule has 0 radical (unpaired) electrons. The number of thioether (sulfide) groups is 1. The number of rotatable bonds is 6. The summed E-state index contributed by atoms with van der Waals surface area (Å²) in [6, 6.07) is 3.67. The second kappa shape index (κ2) is 6.97. The first-order chi connectivity index (χ1) is 10.8. The lowest BCUT2D eigenvalue weighted by Gasteiger charge is -2.13. The van der Waals surface area contributed by atoms with Crippen LogP contribution in [0.4, 0.5) is 0 Å². The molecule has 0 bridgehead atoms. The molecule has 1 aliphatic rings. The van der Waals surface area contributed by atoms with Crippen molar-refractivity contribution in [2.75, 3.05) is 19.4 Å². The molecule has 1 saturated heterocycles. The van der Waals surface area contributed by atoms with Crippen molar-refractivity contribution in [2.24, 2.45) is 0 Å². The fourth-order valence-electron chi connectivity index (χ4n) is 2.34. The highest BCUT2D eigenvalue weighted by molar-refractivity contribution is 7.99. The SMILES string of the molecule is CNC(=O)CSc1nnc(-c2ccco2)n1C[C@H]1CCCO1. The standard InChI is InChI=1S/C14H18N4O3S/c1-15-12(19)9-22-14-17-16-13(11-5-3-7-21-11)18(14)8-10-4-2-6-20-10/h3,5,7,10H,2,4,6,8-9H2,1H3,(H,15,19)/t10-/m1/s1. The number of hydrogen-bond acceptors (Lipinski definition) is 6. The van der Waals surface area contributed by atoms with Gasteiger partial charge in [-0.25, -0.2) is 0 Å². The number of nitrogens with one attached hydrogen (secondary N) is 1. The summed E-state index contributed by atoms with van der Waals surface area (Å²) >= 11 is 1.36. The average Bonchev–Trinajstić information content (AvgIpc) is 3.27. The van der Waals surface area contributed by atoms with E-state index in [4.69, 9.17) is 9.15 Å². The second-order valence-electron chi connectivity index (χ2n) is 4.99. The molecule has 0 aliphatic carbocycles. The monoisotopic (exact) mass is 322 g/mol. The fourth-order valence-corrected chi connectivity index (χ4v) is 3.16. The van der Waals surface area contributed by atoms with Gasteiger partial charge in [-0.3, -0.25) is 9.36 Å². The van der Waals surface area contributed by atoms with Crippen LogP contribution in [0, 0.1) is 0 Å². The largest absolute Gasteiger partial charge is 0.461 e. The lowest BCUT2D eigenvalue weighted by molar-refractivity contribution is -0.118. The van der Waals surface area contributed by atoms with Gasteiger partial charge in [-0.15, -0.1) is 10.2 Å². The summed E-state index contributed by atoms with van der Waals surface area (Å²) in [4.78, 5) is 11.4. The summed E-state index contributed by atoms with van der Waals surface area (Å²) in [6.07, 6.45) is 3.86. The Labute approximate surface area is 132 Å². The van der Waals surface area contributed by atoms with Crippen LogP contribution in [0.1, 0.15) is 12.8 Å². The number of hydrogen-bond donors (Lipinski definition) is 1. The van der Waals surface area contributed by atoms with Crippen LogP contribution in [0.2, 0.25) is 0 Å². The van der Waals surface area contributed by atoms with Crippen LogP contribution in [0.3, 0.4) is 0 Å². The topological polar surface area (TPSA) is 82.2 Å². The van der Waals surface area contributed by atoms with E-state index in [1.807, 2.05) is 16.7 Å². The summed E-state index contributed by atoms with van der Waals surface area (Å²) in [5, 5.41) is 11.7. The first-order valence-electron chi connectivity index (χ1n) is 7.20. The van der Waals surface area contributed by atoms with E-state index in [9.17, 15) is 4.79 Å². The number of ether oxygens (including phenoxy) is 1. The van der Waals surface area contributed by atoms with Crippen molar-refractivity contribution < 1.29 is 13.9 Å². The third-order valence-corrected chi connectivity index (χ3v) is 4.45. The highest BCUT2D eigenvalue weighted by atomic mass is 32.2. The van der Waals surface area contributed by atoms with Gasteiger partial charge in [0.05, 0.1) is 24.7 Å². The molecule has 8 heteroatoms. The Morgan fingerprint density at radius 1 is 1.55 bits per heavy atom. The van der Waals surface area contributed by atoms with Crippen LogP contribution in [0.15, 0.2) is 28.0 Å². The van der Waals surface area contributed by atoms with Crippen molar-refractivity contribution in [2.45, 2.75) is 30.6 Å².